The lowest BCUT2D eigenvalue weighted by atomic mass is 10.3. The highest BCUT2D eigenvalue weighted by Crippen LogP contribution is 2.13. The molecule has 1 heterocycles. The van der Waals surface area contributed by atoms with E-state index in [0.29, 0.717) is 10.4 Å². The molecule has 0 aromatic carbocycles. The van der Waals surface area contributed by atoms with Crippen molar-refractivity contribution in [1.29, 1.82) is 0 Å². The Kier molecular flexibility index (Phi) is 2.83. The minimum absolute atomic E-state index is 0.00266. The number of rotatable bonds is 1. The molecular formula is C9H7NO2S. The predicted octanol–water partition coefficient (Wildman–Crippen LogP) is 0.788. The summed E-state index contributed by atoms with van der Waals surface area (Å²) >= 11 is 1.31. The molecule has 66 valence electrons. The SMILES string of the molecule is CC(=O)c1cc(C#CC(N)=O)cs1. The number of primary amides is 1. The van der Waals surface area contributed by atoms with Gasteiger partial charge in [0.1, 0.15) is 0 Å². The summed E-state index contributed by atoms with van der Waals surface area (Å²) < 4.78 is 0. The first-order chi connectivity index (χ1) is 6.09. The first-order valence-corrected chi connectivity index (χ1v) is 4.38. The predicted molar refractivity (Wildman–Crippen MR) is 50.4 cm³/mol. The molecule has 2 N–H and O–H groups in total. The molecule has 0 aliphatic rings. The third kappa shape index (κ3) is 2.73. The Bertz CT molecular complexity index is 409. The third-order valence-electron chi connectivity index (χ3n) is 1.28. The number of Topliss-reactive ketones (excluding diaryl/α,β-unsaturated/α-hetero) is 1. The summed E-state index contributed by atoms with van der Waals surface area (Å²) in [5.74, 6) is 4.08. The third-order valence-corrected chi connectivity index (χ3v) is 2.31. The summed E-state index contributed by atoms with van der Waals surface area (Å²) in [6.45, 7) is 1.48. The van der Waals surface area contributed by atoms with Gasteiger partial charge in [0.05, 0.1) is 4.88 Å². The molecule has 3 nitrogen and oxygen atoms in total. The average Bonchev–Trinajstić information content (AvgIpc) is 2.48. The van der Waals surface area contributed by atoms with Crippen LogP contribution in [0.15, 0.2) is 11.4 Å². The van der Waals surface area contributed by atoms with Crippen LogP contribution in [-0.2, 0) is 4.79 Å². The fourth-order valence-corrected chi connectivity index (χ4v) is 1.46. The van der Waals surface area contributed by atoms with Gasteiger partial charge in [0.2, 0.25) is 0 Å². The van der Waals surface area contributed by atoms with Crippen LogP contribution in [0.4, 0.5) is 0 Å². The Morgan fingerprint density at radius 3 is 2.69 bits per heavy atom. The molecule has 0 aliphatic carbocycles. The van der Waals surface area contributed by atoms with Crippen molar-refractivity contribution in [2.24, 2.45) is 5.73 Å². The Morgan fingerprint density at radius 2 is 2.23 bits per heavy atom. The molecule has 0 bridgehead atoms. The summed E-state index contributed by atoms with van der Waals surface area (Å²) in [4.78, 5) is 21.8. The molecule has 0 radical (unpaired) electrons. The van der Waals surface area contributed by atoms with Gasteiger partial charge in [0.15, 0.2) is 5.78 Å². The second kappa shape index (κ2) is 3.87. The quantitative estimate of drug-likeness (QED) is 0.529. The second-order valence-electron chi connectivity index (χ2n) is 2.37. The Morgan fingerprint density at radius 1 is 1.54 bits per heavy atom. The maximum Gasteiger partial charge on any atom is 0.293 e. The van der Waals surface area contributed by atoms with Crippen molar-refractivity contribution in [3.05, 3.63) is 21.9 Å². The molecule has 0 fully saturated rings. The van der Waals surface area contributed by atoms with Crippen LogP contribution in [0.1, 0.15) is 22.2 Å². The highest BCUT2D eigenvalue weighted by atomic mass is 32.1. The van der Waals surface area contributed by atoms with E-state index >= 15 is 0 Å². The van der Waals surface area contributed by atoms with Crippen LogP contribution in [-0.4, -0.2) is 11.7 Å². The van der Waals surface area contributed by atoms with Gasteiger partial charge in [-0.2, -0.15) is 0 Å². The van der Waals surface area contributed by atoms with Gasteiger partial charge < -0.3 is 5.73 Å². The van der Waals surface area contributed by atoms with Gasteiger partial charge in [-0.1, -0.05) is 5.92 Å². The molecule has 4 heteroatoms. The molecule has 0 saturated heterocycles. The summed E-state index contributed by atoms with van der Waals surface area (Å²) in [6.07, 6.45) is 0. The van der Waals surface area contributed by atoms with Crippen molar-refractivity contribution in [1.82, 2.24) is 0 Å². The molecule has 1 rings (SSSR count). The monoisotopic (exact) mass is 193 g/mol. The highest BCUT2D eigenvalue weighted by Gasteiger charge is 2.01. The molecule has 0 atom stereocenters. The molecule has 0 aliphatic heterocycles. The lowest BCUT2D eigenvalue weighted by Gasteiger charge is -1.81. The summed E-state index contributed by atoms with van der Waals surface area (Å²) in [7, 11) is 0. The van der Waals surface area contributed by atoms with Gasteiger partial charge >= 0.3 is 0 Å². The Balaban J connectivity index is 2.89. The van der Waals surface area contributed by atoms with E-state index in [1.54, 1.807) is 11.4 Å². The minimum Gasteiger partial charge on any atom is -0.359 e. The first kappa shape index (κ1) is 9.49. The number of amides is 1. The lowest BCUT2D eigenvalue weighted by molar-refractivity contribution is -0.112. The van der Waals surface area contributed by atoms with Gasteiger partial charge in [-0.15, -0.1) is 11.3 Å². The Hall–Kier alpha value is -1.60. The van der Waals surface area contributed by atoms with Crippen LogP contribution in [0.25, 0.3) is 0 Å². The molecule has 0 saturated carbocycles. The van der Waals surface area contributed by atoms with Crippen molar-refractivity contribution < 1.29 is 9.59 Å². The number of hydrogen-bond acceptors (Lipinski definition) is 3. The van der Waals surface area contributed by atoms with E-state index in [0.717, 1.165) is 0 Å². The van der Waals surface area contributed by atoms with Crippen LogP contribution in [0, 0.1) is 11.8 Å². The smallest absolute Gasteiger partial charge is 0.293 e. The molecule has 0 unspecified atom stereocenters. The number of ketones is 1. The topological polar surface area (TPSA) is 60.2 Å². The van der Waals surface area contributed by atoms with Crippen LogP contribution in [0.5, 0.6) is 0 Å². The number of thiophene rings is 1. The molecular weight excluding hydrogens is 186 g/mol. The zero-order valence-corrected chi connectivity index (χ0v) is 7.77. The highest BCUT2D eigenvalue weighted by molar-refractivity contribution is 7.12. The number of nitrogens with two attached hydrogens (primary N) is 1. The summed E-state index contributed by atoms with van der Waals surface area (Å²) in [5.41, 5.74) is 5.48. The van der Waals surface area contributed by atoms with Crippen molar-refractivity contribution in [2.75, 3.05) is 0 Å². The number of carbonyl (C=O) groups is 2. The van der Waals surface area contributed by atoms with Gasteiger partial charge in [0.25, 0.3) is 5.91 Å². The van der Waals surface area contributed by atoms with Crippen molar-refractivity contribution in [2.45, 2.75) is 6.92 Å². The van der Waals surface area contributed by atoms with E-state index in [1.807, 2.05) is 0 Å². The van der Waals surface area contributed by atoms with E-state index < -0.39 is 5.91 Å². The van der Waals surface area contributed by atoms with E-state index in [-0.39, 0.29) is 5.78 Å². The summed E-state index contributed by atoms with van der Waals surface area (Å²) in [6, 6.07) is 1.64. The number of carbonyl (C=O) groups excluding carboxylic acids is 2. The largest absolute Gasteiger partial charge is 0.359 e. The molecule has 1 aromatic rings. The standard InChI is InChI=1S/C9H7NO2S/c1-6(11)8-4-7(5-13-8)2-3-9(10)12/h4-5H,1H3,(H2,10,12). The Labute approximate surface area is 79.6 Å². The fourth-order valence-electron chi connectivity index (χ4n) is 0.720. The zero-order chi connectivity index (χ0) is 9.84. The van der Waals surface area contributed by atoms with E-state index in [4.69, 9.17) is 5.73 Å². The zero-order valence-electron chi connectivity index (χ0n) is 6.96. The summed E-state index contributed by atoms with van der Waals surface area (Å²) in [5, 5.41) is 1.71. The van der Waals surface area contributed by atoms with E-state index in [1.165, 1.54) is 18.3 Å². The molecule has 1 aromatic heterocycles. The van der Waals surface area contributed by atoms with Crippen LogP contribution < -0.4 is 5.73 Å². The minimum atomic E-state index is -0.671. The molecule has 0 spiro atoms. The van der Waals surface area contributed by atoms with E-state index in [2.05, 4.69) is 11.8 Å². The van der Waals surface area contributed by atoms with Crippen LogP contribution in [0.2, 0.25) is 0 Å². The van der Waals surface area contributed by atoms with Gasteiger partial charge in [-0.25, -0.2) is 0 Å². The first-order valence-electron chi connectivity index (χ1n) is 3.50. The van der Waals surface area contributed by atoms with Gasteiger partial charge in [0, 0.05) is 16.9 Å². The van der Waals surface area contributed by atoms with Gasteiger partial charge in [-0.05, 0) is 13.0 Å². The fraction of sp³-hybridized carbons (Fsp3) is 0.111. The second-order valence-corrected chi connectivity index (χ2v) is 3.28. The normalized spacial score (nSPS) is 8.69. The van der Waals surface area contributed by atoms with Crippen molar-refractivity contribution in [3.63, 3.8) is 0 Å². The lowest BCUT2D eigenvalue weighted by Crippen LogP contribution is -2.05. The van der Waals surface area contributed by atoms with Crippen molar-refractivity contribution in [3.8, 4) is 11.8 Å². The number of hydrogen-bond donors (Lipinski definition) is 1. The van der Waals surface area contributed by atoms with Crippen molar-refractivity contribution >= 4 is 23.0 Å². The average molecular weight is 193 g/mol. The maximum absolute atomic E-state index is 10.9. The maximum atomic E-state index is 10.9. The molecule has 13 heavy (non-hydrogen) atoms. The van der Waals surface area contributed by atoms with Crippen LogP contribution in [0.3, 0.4) is 0 Å². The van der Waals surface area contributed by atoms with Crippen LogP contribution >= 0.6 is 11.3 Å². The molecule has 1 amide bonds. The van der Waals surface area contributed by atoms with E-state index in [9.17, 15) is 9.59 Å². The van der Waals surface area contributed by atoms with Gasteiger partial charge in [-0.3, -0.25) is 9.59 Å².